The summed E-state index contributed by atoms with van der Waals surface area (Å²) in [5.41, 5.74) is 13.8. The molecule has 1 aliphatic rings. The number of halogens is 1. The smallest absolute Gasteiger partial charge is 0.250 e. The van der Waals surface area contributed by atoms with Crippen molar-refractivity contribution >= 4 is 17.3 Å². The van der Waals surface area contributed by atoms with Gasteiger partial charge in [-0.2, -0.15) is 0 Å². The lowest BCUT2D eigenvalue weighted by molar-refractivity contribution is 0.100. The molecule has 21 heavy (non-hydrogen) atoms. The number of nitrogen functional groups attached to an aromatic ring is 1. The Morgan fingerprint density at radius 2 is 1.81 bits per heavy atom. The Bertz CT molecular complexity index is 690. The lowest BCUT2D eigenvalue weighted by Gasteiger charge is -2.16. The third-order valence-corrected chi connectivity index (χ3v) is 3.82. The van der Waals surface area contributed by atoms with Gasteiger partial charge in [0.1, 0.15) is 5.82 Å². The molecule has 108 valence electrons. The van der Waals surface area contributed by atoms with Crippen LogP contribution < -0.4 is 16.8 Å². The van der Waals surface area contributed by atoms with E-state index >= 15 is 0 Å². The van der Waals surface area contributed by atoms with E-state index in [0.717, 1.165) is 18.9 Å². The van der Waals surface area contributed by atoms with Gasteiger partial charge in [-0.15, -0.1) is 0 Å². The van der Waals surface area contributed by atoms with Crippen molar-refractivity contribution in [3.05, 3.63) is 58.9 Å². The highest BCUT2D eigenvalue weighted by Gasteiger charge is 2.22. The number of nitrogens with two attached hydrogens (primary N) is 2. The molecule has 0 radical (unpaired) electrons. The van der Waals surface area contributed by atoms with Crippen LogP contribution in [0.15, 0.2) is 36.4 Å². The molecule has 2 aromatic carbocycles. The third kappa shape index (κ3) is 2.54. The Hall–Kier alpha value is -2.56. The van der Waals surface area contributed by atoms with Crippen molar-refractivity contribution < 1.29 is 9.18 Å². The molecule has 1 amide bonds. The van der Waals surface area contributed by atoms with Crippen LogP contribution in [-0.2, 0) is 12.8 Å². The van der Waals surface area contributed by atoms with Crippen molar-refractivity contribution in [2.45, 2.75) is 18.9 Å². The first-order chi connectivity index (χ1) is 10.0. The van der Waals surface area contributed by atoms with E-state index in [1.54, 1.807) is 0 Å². The van der Waals surface area contributed by atoms with Gasteiger partial charge in [0.05, 0.1) is 11.3 Å². The molecule has 0 saturated carbocycles. The summed E-state index contributed by atoms with van der Waals surface area (Å²) in [4.78, 5) is 11.3. The summed E-state index contributed by atoms with van der Waals surface area (Å²) < 4.78 is 14.0. The zero-order valence-corrected chi connectivity index (χ0v) is 11.4. The number of anilines is 2. The molecule has 0 aliphatic heterocycles. The number of primary amides is 1. The van der Waals surface area contributed by atoms with Crippen molar-refractivity contribution in [3.63, 3.8) is 0 Å². The number of benzene rings is 2. The number of carbonyl (C=O) groups excluding carboxylic acids is 1. The Kier molecular flexibility index (Phi) is 3.25. The highest BCUT2D eigenvalue weighted by molar-refractivity contribution is 5.99. The molecule has 0 fully saturated rings. The summed E-state index contributed by atoms with van der Waals surface area (Å²) in [6.07, 6.45) is 1.65. The van der Waals surface area contributed by atoms with Crippen LogP contribution in [-0.4, -0.2) is 11.9 Å². The third-order valence-electron chi connectivity index (χ3n) is 3.82. The van der Waals surface area contributed by atoms with Crippen LogP contribution in [0, 0.1) is 5.82 Å². The Labute approximate surface area is 121 Å². The van der Waals surface area contributed by atoms with Crippen molar-refractivity contribution in [1.29, 1.82) is 0 Å². The number of amides is 1. The fraction of sp³-hybridized carbons (Fsp3) is 0.188. The van der Waals surface area contributed by atoms with Gasteiger partial charge in [-0.3, -0.25) is 4.79 Å². The minimum atomic E-state index is -0.662. The summed E-state index contributed by atoms with van der Waals surface area (Å²) in [5.74, 6) is -1.14. The monoisotopic (exact) mass is 285 g/mol. The average molecular weight is 285 g/mol. The predicted molar refractivity (Wildman–Crippen MR) is 80.6 cm³/mol. The number of carbonyl (C=O) groups is 1. The molecule has 0 unspecified atom stereocenters. The van der Waals surface area contributed by atoms with Crippen LogP contribution in [0.5, 0.6) is 0 Å². The van der Waals surface area contributed by atoms with Crippen LogP contribution >= 0.6 is 0 Å². The summed E-state index contributed by atoms with van der Waals surface area (Å²) in [5, 5.41) is 3.14. The number of fused-ring (bicyclic) bond motifs is 1. The lowest BCUT2D eigenvalue weighted by atomic mass is 10.1. The summed E-state index contributed by atoms with van der Waals surface area (Å²) >= 11 is 0. The van der Waals surface area contributed by atoms with Crippen molar-refractivity contribution in [2.24, 2.45) is 5.73 Å². The highest BCUT2D eigenvalue weighted by Crippen LogP contribution is 2.27. The van der Waals surface area contributed by atoms with Crippen LogP contribution in [0.4, 0.5) is 15.8 Å². The van der Waals surface area contributed by atoms with Crippen LogP contribution in [0.2, 0.25) is 0 Å². The molecular formula is C16H16FN3O. The van der Waals surface area contributed by atoms with Crippen LogP contribution in [0.3, 0.4) is 0 Å². The van der Waals surface area contributed by atoms with Gasteiger partial charge in [0.15, 0.2) is 0 Å². The van der Waals surface area contributed by atoms with Crippen LogP contribution in [0.25, 0.3) is 0 Å². The second-order valence-electron chi connectivity index (χ2n) is 5.30. The maximum atomic E-state index is 14.0. The van der Waals surface area contributed by atoms with Gasteiger partial charge in [0, 0.05) is 11.7 Å². The molecular weight excluding hydrogens is 269 g/mol. The molecule has 0 heterocycles. The van der Waals surface area contributed by atoms with Gasteiger partial charge in [-0.1, -0.05) is 24.3 Å². The number of hydrogen-bond donors (Lipinski definition) is 3. The van der Waals surface area contributed by atoms with E-state index in [4.69, 9.17) is 11.5 Å². The molecule has 0 aromatic heterocycles. The molecule has 4 nitrogen and oxygen atoms in total. The molecule has 0 bridgehead atoms. The van der Waals surface area contributed by atoms with Crippen LogP contribution in [0.1, 0.15) is 21.5 Å². The first-order valence-electron chi connectivity index (χ1n) is 6.76. The fourth-order valence-corrected chi connectivity index (χ4v) is 2.79. The van der Waals surface area contributed by atoms with Gasteiger partial charge in [0.2, 0.25) is 0 Å². The van der Waals surface area contributed by atoms with E-state index in [1.807, 2.05) is 12.1 Å². The topological polar surface area (TPSA) is 81.1 Å². The van der Waals surface area contributed by atoms with E-state index in [0.29, 0.717) is 0 Å². The summed E-state index contributed by atoms with van der Waals surface area (Å²) in [7, 11) is 0. The largest absolute Gasteiger partial charge is 0.398 e. The van der Waals surface area contributed by atoms with E-state index < -0.39 is 11.7 Å². The lowest BCUT2D eigenvalue weighted by Crippen LogP contribution is -2.21. The fourth-order valence-electron chi connectivity index (χ4n) is 2.79. The molecule has 5 heteroatoms. The predicted octanol–water partition coefficient (Wildman–Crippen LogP) is 2.09. The number of rotatable bonds is 3. The van der Waals surface area contributed by atoms with Gasteiger partial charge >= 0.3 is 0 Å². The second-order valence-corrected chi connectivity index (χ2v) is 5.30. The molecule has 3 rings (SSSR count). The average Bonchev–Trinajstić information content (AvgIpc) is 2.83. The first-order valence-corrected chi connectivity index (χ1v) is 6.76. The van der Waals surface area contributed by atoms with E-state index in [1.165, 1.54) is 17.2 Å². The summed E-state index contributed by atoms with van der Waals surface area (Å²) in [6, 6.07) is 10.8. The Morgan fingerprint density at radius 3 is 2.38 bits per heavy atom. The molecule has 2 aromatic rings. The molecule has 0 atom stereocenters. The van der Waals surface area contributed by atoms with Crippen molar-refractivity contribution in [3.8, 4) is 0 Å². The van der Waals surface area contributed by atoms with Gasteiger partial charge in [0.25, 0.3) is 5.91 Å². The molecule has 5 N–H and O–H groups in total. The normalized spacial score (nSPS) is 14.0. The standard InChI is InChI=1S/C16H16FN3O/c17-13-8-14(18)12(16(19)21)7-15(13)20-11-5-9-3-1-2-4-10(9)6-11/h1-4,7-8,11,20H,5-6,18H2,(H2,19,21). The molecule has 0 spiro atoms. The minimum absolute atomic E-state index is 0.0558. The zero-order valence-electron chi connectivity index (χ0n) is 11.4. The Morgan fingerprint density at radius 1 is 1.19 bits per heavy atom. The van der Waals surface area contributed by atoms with Crippen molar-refractivity contribution in [2.75, 3.05) is 11.1 Å². The maximum Gasteiger partial charge on any atom is 0.250 e. The molecule has 1 aliphatic carbocycles. The van der Waals surface area contributed by atoms with E-state index in [-0.39, 0.29) is 23.0 Å². The highest BCUT2D eigenvalue weighted by atomic mass is 19.1. The maximum absolute atomic E-state index is 14.0. The second kappa shape index (κ2) is 5.09. The number of hydrogen-bond acceptors (Lipinski definition) is 3. The summed E-state index contributed by atoms with van der Waals surface area (Å²) in [6.45, 7) is 0. The quantitative estimate of drug-likeness (QED) is 0.755. The zero-order chi connectivity index (χ0) is 15.0. The van der Waals surface area contributed by atoms with Gasteiger partial charge in [-0.05, 0) is 36.1 Å². The SMILES string of the molecule is NC(=O)c1cc(NC2Cc3ccccc3C2)c(F)cc1N. The first kappa shape index (κ1) is 13.4. The van der Waals surface area contributed by atoms with E-state index in [9.17, 15) is 9.18 Å². The van der Waals surface area contributed by atoms with Crippen molar-refractivity contribution in [1.82, 2.24) is 0 Å². The van der Waals surface area contributed by atoms with Gasteiger partial charge in [-0.25, -0.2) is 4.39 Å². The minimum Gasteiger partial charge on any atom is -0.398 e. The number of nitrogens with one attached hydrogen (secondary N) is 1. The van der Waals surface area contributed by atoms with Gasteiger partial charge < -0.3 is 16.8 Å². The molecule has 0 saturated heterocycles. The van der Waals surface area contributed by atoms with E-state index in [2.05, 4.69) is 17.4 Å². The Balaban J connectivity index is 1.83.